The van der Waals surface area contributed by atoms with Crippen molar-refractivity contribution < 1.29 is 4.79 Å². The van der Waals surface area contributed by atoms with Crippen LogP contribution in [0.1, 0.15) is 16.1 Å². The predicted octanol–water partition coefficient (Wildman–Crippen LogP) is 0.0705. The van der Waals surface area contributed by atoms with E-state index in [-0.39, 0.29) is 11.5 Å². The molecule has 0 aromatic carbocycles. The number of rotatable bonds is 4. The lowest BCUT2D eigenvalue weighted by Gasteiger charge is -2.03. The number of hydrogen-bond acceptors (Lipinski definition) is 3. The van der Waals surface area contributed by atoms with Gasteiger partial charge in [0.25, 0.3) is 5.91 Å². The van der Waals surface area contributed by atoms with Crippen molar-refractivity contribution in [2.24, 2.45) is 0 Å². The quantitative estimate of drug-likeness (QED) is 0.696. The zero-order valence-electron chi connectivity index (χ0n) is 9.06. The molecule has 0 bridgehead atoms. The molecule has 2 aromatic rings. The number of carbonyl (C=O) groups excluding carboxylic acids is 1. The Labute approximate surface area is 97.1 Å². The average molecular weight is 232 g/mol. The number of pyridine rings is 1. The highest BCUT2D eigenvalue weighted by molar-refractivity contribution is 5.93. The third-order valence-corrected chi connectivity index (χ3v) is 2.28. The molecule has 0 atom stereocenters. The van der Waals surface area contributed by atoms with Gasteiger partial charge in [0.15, 0.2) is 0 Å². The summed E-state index contributed by atoms with van der Waals surface area (Å²) in [7, 11) is 0. The van der Waals surface area contributed by atoms with Gasteiger partial charge in [-0.05, 0) is 6.07 Å². The van der Waals surface area contributed by atoms with E-state index >= 15 is 0 Å². The maximum Gasteiger partial charge on any atom is 0.252 e. The van der Waals surface area contributed by atoms with Crippen LogP contribution in [-0.2, 0) is 6.42 Å². The molecule has 0 fully saturated rings. The molecule has 0 unspecified atom stereocenters. The van der Waals surface area contributed by atoms with Crippen LogP contribution in [0.15, 0.2) is 35.6 Å². The Kier molecular flexibility index (Phi) is 3.34. The largest absolute Gasteiger partial charge is 0.352 e. The number of H-pyrrole nitrogens is 2. The van der Waals surface area contributed by atoms with Gasteiger partial charge in [0.1, 0.15) is 0 Å². The van der Waals surface area contributed by atoms with Gasteiger partial charge >= 0.3 is 0 Å². The summed E-state index contributed by atoms with van der Waals surface area (Å²) in [5.74, 6) is -0.208. The Morgan fingerprint density at radius 2 is 2.24 bits per heavy atom. The molecule has 0 aliphatic carbocycles. The first-order valence-electron chi connectivity index (χ1n) is 5.20. The Morgan fingerprint density at radius 3 is 2.88 bits per heavy atom. The van der Waals surface area contributed by atoms with Crippen molar-refractivity contribution in [2.45, 2.75) is 6.42 Å². The van der Waals surface area contributed by atoms with Gasteiger partial charge in [-0.3, -0.25) is 9.59 Å². The first-order valence-corrected chi connectivity index (χ1v) is 5.20. The Balaban J connectivity index is 1.85. The van der Waals surface area contributed by atoms with Crippen LogP contribution in [0, 0.1) is 0 Å². The second-order valence-electron chi connectivity index (χ2n) is 3.52. The number of aromatic nitrogens is 3. The van der Waals surface area contributed by atoms with E-state index in [1.807, 2.05) is 0 Å². The monoisotopic (exact) mass is 232 g/mol. The zero-order chi connectivity index (χ0) is 12.1. The van der Waals surface area contributed by atoms with Crippen LogP contribution in [0.2, 0.25) is 0 Å². The number of hydrogen-bond donors (Lipinski definition) is 3. The van der Waals surface area contributed by atoms with E-state index in [9.17, 15) is 9.59 Å². The summed E-state index contributed by atoms with van der Waals surface area (Å²) in [5.41, 5.74) is 1.18. The first-order chi connectivity index (χ1) is 8.25. The van der Waals surface area contributed by atoms with Gasteiger partial charge in [0.05, 0.1) is 11.9 Å². The molecule has 0 saturated heterocycles. The number of nitrogens with one attached hydrogen (secondary N) is 3. The van der Waals surface area contributed by atoms with Gasteiger partial charge in [0.2, 0.25) is 5.56 Å². The summed E-state index contributed by atoms with van der Waals surface area (Å²) in [6.45, 7) is 0.514. The van der Waals surface area contributed by atoms with Gasteiger partial charge in [-0.1, -0.05) is 0 Å². The molecule has 6 nitrogen and oxygen atoms in total. The van der Waals surface area contributed by atoms with Crippen LogP contribution in [0.5, 0.6) is 0 Å². The van der Waals surface area contributed by atoms with E-state index in [2.05, 4.69) is 20.3 Å². The summed E-state index contributed by atoms with van der Waals surface area (Å²) in [5, 5.41) is 2.75. The van der Waals surface area contributed by atoms with Crippen molar-refractivity contribution in [3.63, 3.8) is 0 Å². The van der Waals surface area contributed by atoms with Crippen molar-refractivity contribution >= 4 is 5.91 Å². The molecule has 1 amide bonds. The zero-order valence-corrected chi connectivity index (χ0v) is 9.06. The molecule has 0 spiro atoms. The highest BCUT2D eigenvalue weighted by atomic mass is 16.1. The fraction of sp³-hybridized carbons (Fsp3) is 0.182. The molecule has 0 aliphatic rings. The molecule has 3 N–H and O–H groups in total. The maximum absolute atomic E-state index is 11.6. The predicted molar refractivity (Wildman–Crippen MR) is 61.7 cm³/mol. The Hall–Kier alpha value is -2.37. The molecule has 88 valence electrons. The number of carbonyl (C=O) groups is 1. The van der Waals surface area contributed by atoms with Crippen LogP contribution in [0.4, 0.5) is 0 Å². The highest BCUT2D eigenvalue weighted by Crippen LogP contribution is 1.94. The van der Waals surface area contributed by atoms with Crippen LogP contribution in [0.25, 0.3) is 0 Å². The Bertz CT molecular complexity index is 524. The van der Waals surface area contributed by atoms with Crippen LogP contribution in [-0.4, -0.2) is 27.4 Å². The minimum Gasteiger partial charge on any atom is -0.352 e. The highest BCUT2D eigenvalue weighted by Gasteiger charge is 2.04. The third kappa shape index (κ3) is 3.04. The number of imidazole rings is 1. The minimum atomic E-state index is -0.223. The van der Waals surface area contributed by atoms with Gasteiger partial charge in [-0.15, -0.1) is 0 Å². The molecule has 0 aliphatic heterocycles. The lowest BCUT2D eigenvalue weighted by atomic mass is 10.2. The van der Waals surface area contributed by atoms with E-state index in [4.69, 9.17) is 0 Å². The normalized spacial score (nSPS) is 10.1. The topological polar surface area (TPSA) is 90.6 Å². The van der Waals surface area contributed by atoms with Gasteiger partial charge in [0, 0.05) is 37.1 Å². The van der Waals surface area contributed by atoms with Crippen molar-refractivity contribution in [3.05, 3.63) is 52.5 Å². The Morgan fingerprint density at radius 1 is 1.35 bits per heavy atom. The van der Waals surface area contributed by atoms with Crippen LogP contribution in [0.3, 0.4) is 0 Å². The van der Waals surface area contributed by atoms with Crippen molar-refractivity contribution in [2.75, 3.05) is 6.54 Å². The van der Waals surface area contributed by atoms with E-state index in [1.165, 1.54) is 18.3 Å². The SMILES string of the molecule is O=C(NCCc1cnc[nH]1)c1ccc(=O)[nH]c1. The summed E-state index contributed by atoms with van der Waals surface area (Å²) >= 11 is 0. The summed E-state index contributed by atoms with van der Waals surface area (Å²) < 4.78 is 0. The molecule has 0 radical (unpaired) electrons. The molecule has 6 heteroatoms. The van der Waals surface area contributed by atoms with Crippen molar-refractivity contribution in [3.8, 4) is 0 Å². The average Bonchev–Trinajstić information content (AvgIpc) is 2.83. The standard InChI is InChI=1S/C11H12N4O2/c16-10-2-1-8(5-14-10)11(17)13-4-3-9-6-12-7-15-9/h1-2,5-7H,3-4H2,(H,12,15)(H,13,17)(H,14,16). The van der Waals surface area contributed by atoms with Gasteiger partial charge in [-0.2, -0.15) is 0 Å². The van der Waals surface area contributed by atoms with E-state index < -0.39 is 0 Å². The van der Waals surface area contributed by atoms with Crippen LogP contribution < -0.4 is 10.9 Å². The van der Waals surface area contributed by atoms with Gasteiger partial charge in [-0.25, -0.2) is 4.98 Å². The molecule has 17 heavy (non-hydrogen) atoms. The van der Waals surface area contributed by atoms with E-state index in [0.717, 1.165) is 5.69 Å². The molecule has 0 saturated carbocycles. The maximum atomic E-state index is 11.6. The lowest BCUT2D eigenvalue weighted by molar-refractivity contribution is 0.0953. The van der Waals surface area contributed by atoms with E-state index in [0.29, 0.717) is 18.5 Å². The molecule has 2 rings (SSSR count). The minimum absolute atomic E-state index is 0.208. The fourth-order valence-corrected chi connectivity index (χ4v) is 1.39. The number of amides is 1. The van der Waals surface area contributed by atoms with E-state index in [1.54, 1.807) is 12.5 Å². The second kappa shape index (κ2) is 5.11. The molecule has 2 aromatic heterocycles. The molecular weight excluding hydrogens is 220 g/mol. The third-order valence-electron chi connectivity index (χ3n) is 2.28. The summed E-state index contributed by atoms with van der Waals surface area (Å²) in [6, 6.07) is 2.81. The van der Waals surface area contributed by atoms with Gasteiger partial charge < -0.3 is 15.3 Å². The van der Waals surface area contributed by atoms with Crippen LogP contribution >= 0.6 is 0 Å². The van der Waals surface area contributed by atoms with Crippen molar-refractivity contribution in [1.82, 2.24) is 20.3 Å². The number of aromatic amines is 2. The molecule has 2 heterocycles. The smallest absolute Gasteiger partial charge is 0.252 e. The first kappa shape index (κ1) is 11.1. The molecular formula is C11H12N4O2. The summed E-state index contributed by atoms with van der Waals surface area (Å²) in [4.78, 5) is 31.7. The fourth-order valence-electron chi connectivity index (χ4n) is 1.39. The second-order valence-corrected chi connectivity index (χ2v) is 3.52. The lowest BCUT2D eigenvalue weighted by Crippen LogP contribution is -2.26. The number of nitrogens with zero attached hydrogens (tertiary/aromatic N) is 1. The summed E-state index contributed by atoms with van der Waals surface area (Å²) in [6.07, 6.45) is 5.40. The van der Waals surface area contributed by atoms with Crippen molar-refractivity contribution in [1.29, 1.82) is 0 Å².